The van der Waals surface area contributed by atoms with E-state index in [1.807, 2.05) is 31.4 Å². The number of benzene rings is 1. The van der Waals surface area contributed by atoms with Gasteiger partial charge in [0.15, 0.2) is 0 Å². The first kappa shape index (κ1) is 34.3. The van der Waals surface area contributed by atoms with Gasteiger partial charge in [0, 0.05) is 6.54 Å². The fourth-order valence-corrected chi connectivity index (χ4v) is 4.51. The van der Waals surface area contributed by atoms with Gasteiger partial charge in [-0.3, -0.25) is 14.4 Å². The van der Waals surface area contributed by atoms with Crippen molar-refractivity contribution in [1.29, 1.82) is 0 Å². The molecule has 10 heteroatoms. The molecule has 39 heavy (non-hydrogen) atoms. The number of nitrogens with one attached hydrogen (secondary N) is 2. The first-order chi connectivity index (χ1) is 18.4. The summed E-state index contributed by atoms with van der Waals surface area (Å²) in [5.41, 5.74) is 0.827. The molecular weight excluding hydrogens is 518 g/mol. The van der Waals surface area contributed by atoms with E-state index in [9.17, 15) is 19.2 Å². The summed E-state index contributed by atoms with van der Waals surface area (Å²) in [7, 11) is 1.25. The predicted molar refractivity (Wildman–Crippen MR) is 156 cm³/mol. The van der Waals surface area contributed by atoms with E-state index in [0.717, 1.165) is 31.2 Å². The molecule has 0 saturated carbocycles. The normalized spacial score (nSPS) is 12.7. The van der Waals surface area contributed by atoms with E-state index < -0.39 is 35.7 Å². The lowest BCUT2D eigenvalue weighted by molar-refractivity contribution is -0.144. The minimum absolute atomic E-state index is 0.317. The van der Waals surface area contributed by atoms with Crippen LogP contribution in [0.2, 0.25) is 0 Å². The molecule has 1 aromatic carbocycles. The third-order valence-corrected chi connectivity index (χ3v) is 6.58. The number of methoxy groups -OCH3 is 1. The molecule has 2 unspecified atom stereocenters. The van der Waals surface area contributed by atoms with E-state index in [0.29, 0.717) is 30.7 Å². The Bertz CT molecular complexity index is 934. The number of carbonyl (C=O) groups excluding carboxylic acids is 4. The summed E-state index contributed by atoms with van der Waals surface area (Å²) in [6.07, 6.45) is 6.40. The van der Waals surface area contributed by atoms with Crippen molar-refractivity contribution in [2.24, 2.45) is 0 Å². The highest BCUT2D eigenvalue weighted by Crippen LogP contribution is 2.25. The van der Waals surface area contributed by atoms with Gasteiger partial charge >= 0.3 is 12.1 Å². The molecule has 1 rings (SSSR count). The van der Waals surface area contributed by atoms with Gasteiger partial charge in [0.1, 0.15) is 24.2 Å². The fourth-order valence-electron chi connectivity index (χ4n) is 4.04. The van der Waals surface area contributed by atoms with E-state index in [4.69, 9.17) is 4.74 Å². The number of rotatable bonds is 16. The Hall–Kier alpha value is -2.75. The highest BCUT2D eigenvalue weighted by atomic mass is 32.2. The maximum absolute atomic E-state index is 14.1. The van der Waals surface area contributed by atoms with Crippen molar-refractivity contribution in [3.05, 3.63) is 35.4 Å². The maximum Gasteiger partial charge on any atom is 0.408 e. The SMILES string of the molecule is CCCCCCCN(C(=O)C(CCSC)NC(=O)OC(C)(C)C)C(C(=O)NCC(=O)OC)c1cccc(C)c1. The van der Waals surface area contributed by atoms with Crippen LogP contribution < -0.4 is 10.6 Å². The van der Waals surface area contributed by atoms with Gasteiger partial charge in [0.2, 0.25) is 11.8 Å². The van der Waals surface area contributed by atoms with Crippen LogP contribution in [-0.4, -0.2) is 72.6 Å². The molecule has 3 amide bonds. The summed E-state index contributed by atoms with van der Waals surface area (Å²) in [6, 6.07) is 5.52. The van der Waals surface area contributed by atoms with Gasteiger partial charge in [-0.15, -0.1) is 0 Å². The number of aryl methyl sites for hydroxylation is 1. The third-order valence-electron chi connectivity index (χ3n) is 5.94. The summed E-state index contributed by atoms with van der Waals surface area (Å²) in [5.74, 6) is -0.827. The number of nitrogens with zero attached hydrogens (tertiary/aromatic N) is 1. The van der Waals surface area contributed by atoms with E-state index >= 15 is 0 Å². The molecular formula is C29H47N3O6S. The van der Waals surface area contributed by atoms with Gasteiger partial charge in [0.25, 0.3) is 0 Å². The summed E-state index contributed by atoms with van der Waals surface area (Å²) >= 11 is 1.56. The molecule has 0 aromatic heterocycles. The second kappa shape index (κ2) is 17.8. The third kappa shape index (κ3) is 13.2. The van der Waals surface area contributed by atoms with Crippen molar-refractivity contribution in [3.8, 4) is 0 Å². The largest absolute Gasteiger partial charge is 0.468 e. The van der Waals surface area contributed by atoms with Gasteiger partial charge in [-0.1, -0.05) is 62.4 Å². The van der Waals surface area contributed by atoms with Gasteiger partial charge in [-0.25, -0.2) is 4.79 Å². The van der Waals surface area contributed by atoms with Crippen molar-refractivity contribution in [2.75, 3.05) is 32.2 Å². The van der Waals surface area contributed by atoms with E-state index in [2.05, 4.69) is 22.3 Å². The van der Waals surface area contributed by atoms with Crippen molar-refractivity contribution in [1.82, 2.24) is 15.5 Å². The lowest BCUT2D eigenvalue weighted by atomic mass is 9.99. The van der Waals surface area contributed by atoms with Gasteiger partial charge in [-0.05, 0) is 58.1 Å². The zero-order valence-corrected chi connectivity index (χ0v) is 25.4. The molecule has 0 heterocycles. The number of hydrogen-bond donors (Lipinski definition) is 2. The van der Waals surface area contributed by atoms with Crippen LogP contribution in [0.3, 0.4) is 0 Å². The molecule has 9 nitrogen and oxygen atoms in total. The number of amides is 3. The lowest BCUT2D eigenvalue weighted by Crippen LogP contribution is -2.53. The van der Waals surface area contributed by atoms with Gasteiger partial charge < -0.3 is 25.0 Å². The Morgan fingerprint density at radius 2 is 1.77 bits per heavy atom. The number of thioether (sulfide) groups is 1. The topological polar surface area (TPSA) is 114 Å². The molecule has 0 bridgehead atoms. The van der Waals surface area contributed by atoms with E-state index in [-0.39, 0.29) is 12.5 Å². The number of ether oxygens (including phenoxy) is 2. The standard InChI is InChI=1S/C29H47N3O6S/c1-8-9-10-11-12-17-32(27(35)23(16-18-39-7)31-28(36)38-29(3,4)5)25(22-15-13-14-21(2)19-22)26(34)30-20-24(33)37-6/h13-15,19,23,25H,8-12,16-18,20H2,1-7H3,(H,30,34)(H,31,36). The average molecular weight is 566 g/mol. The van der Waals surface area contributed by atoms with Crippen LogP contribution in [0.5, 0.6) is 0 Å². The van der Waals surface area contributed by atoms with E-state index in [1.54, 1.807) is 38.6 Å². The Labute approximate surface area is 238 Å². The molecule has 220 valence electrons. The summed E-state index contributed by atoms with van der Waals surface area (Å²) < 4.78 is 10.1. The molecule has 0 aliphatic rings. The highest BCUT2D eigenvalue weighted by molar-refractivity contribution is 7.98. The number of alkyl carbamates (subject to hydrolysis) is 1. The Morgan fingerprint density at radius 1 is 1.08 bits per heavy atom. The van der Waals surface area contributed by atoms with E-state index in [1.165, 1.54) is 12.0 Å². The minimum atomic E-state index is -0.995. The Morgan fingerprint density at radius 3 is 2.36 bits per heavy atom. The summed E-state index contributed by atoms with van der Waals surface area (Å²) in [6.45, 7) is 9.32. The number of carbonyl (C=O) groups is 4. The van der Waals surface area contributed by atoms with Crippen molar-refractivity contribution >= 4 is 35.6 Å². The zero-order valence-electron chi connectivity index (χ0n) is 24.6. The highest BCUT2D eigenvalue weighted by Gasteiger charge is 2.36. The smallest absolute Gasteiger partial charge is 0.408 e. The van der Waals surface area contributed by atoms with Crippen molar-refractivity contribution in [3.63, 3.8) is 0 Å². The van der Waals surface area contributed by atoms with Gasteiger partial charge in [-0.2, -0.15) is 11.8 Å². The first-order valence-corrected chi connectivity index (χ1v) is 15.0. The molecule has 0 aliphatic carbocycles. The minimum Gasteiger partial charge on any atom is -0.468 e. The molecule has 0 radical (unpaired) electrons. The molecule has 2 N–H and O–H groups in total. The molecule has 0 spiro atoms. The van der Waals surface area contributed by atoms with Crippen LogP contribution >= 0.6 is 11.8 Å². The number of esters is 1. The van der Waals surface area contributed by atoms with Crippen LogP contribution in [-0.2, 0) is 23.9 Å². The Kier molecular flexibility index (Phi) is 15.6. The second-order valence-electron chi connectivity index (χ2n) is 10.5. The van der Waals surface area contributed by atoms with Crippen LogP contribution in [0, 0.1) is 6.92 Å². The van der Waals surface area contributed by atoms with Crippen molar-refractivity contribution < 1.29 is 28.7 Å². The van der Waals surface area contributed by atoms with Crippen LogP contribution in [0.15, 0.2) is 24.3 Å². The molecule has 0 fully saturated rings. The monoisotopic (exact) mass is 565 g/mol. The molecule has 0 aliphatic heterocycles. The zero-order chi connectivity index (χ0) is 29.4. The van der Waals surface area contributed by atoms with Crippen molar-refractivity contribution in [2.45, 2.75) is 90.8 Å². The second-order valence-corrected chi connectivity index (χ2v) is 11.5. The predicted octanol–water partition coefficient (Wildman–Crippen LogP) is 4.77. The molecule has 0 saturated heterocycles. The molecule has 2 atom stereocenters. The van der Waals surface area contributed by atoms with Crippen LogP contribution in [0.1, 0.15) is 83.4 Å². The quantitative estimate of drug-likeness (QED) is 0.219. The summed E-state index contributed by atoms with van der Waals surface area (Å²) in [4.78, 5) is 53.7. The lowest BCUT2D eigenvalue weighted by Gasteiger charge is -2.34. The average Bonchev–Trinajstić information content (AvgIpc) is 2.87. The maximum atomic E-state index is 14.1. The molecule has 1 aromatic rings. The fraction of sp³-hybridized carbons (Fsp3) is 0.655. The van der Waals surface area contributed by atoms with Gasteiger partial charge in [0.05, 0.1) is 7.11 Å². The number of hydrogen-bond acceptors (Lipinski definition) is 7. The number of unbranched alkanes of at least 4 members (excludes halogenated alkanes) is 4. The van der Waals surface area contributed by atoms with Crippen LogP contribution in [0.4, 0.5) is 4.79 Å². The Balaban J connectivity index is 3.44. The summed E-state index contributed by atoms with van der Waals surface area (Å²) in [5, 5.41) is 5.37. The first-order valence-electron chi connectivity index (χ1n) is 13.6. The van der Waals surface area contributed by atoms with Crippen LogP contribution in [0.25, 0.3) is 0 Å².